The number of hydrogen-bond donors (Lipinski definition) is 1. The van der Waals surface area contributed by atoms with Crippen molar-refractivity contribution >= 4 is 5.82 Å². The van der Waals surface area contributed by atoms with Crippen LogP contribution in [0.1, 0.15) is 25.0 Å². The molecule has 3 rings (SSSR count). The summed E-state index contributed by atoms with van der Waals surface area (Å²) in [6.07, 6.45) is 6.66. The van der Waals surface area contributed by atoms with Gasteiger partial charge in [-0.25, -0.2) is 9.97 Å². The smallest absolute Gasteiger partial charge is 0.132 e. The Morgan fingerprint density at radius 2 is 2.10 bits per heavy atom. The molecule has 0 bridgehead atoms. The van der Waals surface area contributed by atoms with Crippen molar-refractivity contribution in [3.63, 3.8) is 0 Å². The fourth-order valence-electron chi connectivity index (χ4n) is 3.05. The fourth-order valence-corrected chi connectivity index (χ4v) is 3.05. The standard InChI is InChI=1S/C15H24N4O/c1-2-13(3-5-16-4-1)10-14-11-15(18-12-17-14)19-6-8-20-9-7-19/h11-13,16H,1-10H2/t13-/m0/s1. The Bertz CT molecular complexity index is 412. The van der Waals surface area contributed by atoms with E-state index in [-0.39, 0.29) is 0 Å². The molecule has 0 spiro atoms. The highest BCUT2D eigenvalue weighted by Gasteiger charge is 2.16. The first kappa shape index (κ1) is 13.8. The van der Waals surface area contributed by atoms with E-state index in [1.807, 2.05) is 0 Å². The van der Waals surface area contributed by atoms with Crippen LogP contribution in [-0.2, 0) is 11.2 Å². The number of aromatic nitrogens is 2. The van der Waals surface area contributed by atoms with Crippen LogP contribution < -0.4 is 10.2 Å². The molecule has 1 N–H and O–H groups in total. The van der Waals surface area contributed by atoms with Gasteiger partial charge in [0.15, 0.2) is 0 Å². The summed E-state index contributed by atoms with van der Waals surface area (Å²) in [4.78, 5) is 11.2. The van der Waals surface area contributed by atoms with Gasteiger partial charge in [-0.15, -0.1) is 0 Å². The molecular weight excluding hydrogens is 252 g/mol. The second kappa shape index (κ2) is 6.99. The summed E-state index contributed by atoms with van der Waals surface area (Å²) in [5.41, 5.74) is 1.19. The number of nitrogens with one attached hydrogen (secondary N) is 1. The third-order valence-corrected chi connectivity index (χ3v) is 4.24. The van der Waals surface area contributed by atoms with Crippen LogP contribution in [0.3, 0.4) is 0 Å². The first-order valence-corrected chi connectivity index (χ1v) is 7.76. The Hall–Kier alpha value is -1.20. The second-order valence-corrected chi connectivity index (χ2v) is 5.72. The summed E-state index contributed by atoms with van der Waals surface area (Å²) in [6, 6.07) is 2.17. The van der Waals surface area contributed by atoms with Crippen molar-refractivity contribution in [1.82, 2.24) is 15.3 Å². The van der Waals surface area contributed by atoms with E-state index in [9.17, 15) is 0 Å². The maximum atomic E-state index is 5.39. The van der Waals surface area contributed by atoms with Crippen LogP contribution in [0.2, 0.25) is 0 Å². The summed E-state index contributed by atoms with van der Waals surface area (Å²) >= 11 is 0. The average molecular weight is 276 g/mol. The molecule has 0 aromatic carbocycles. The minimum Gasteiger partial charge on any atom is -0.378 e. The molecule has 110 valence electrons. The lowest BCUT2D eigenvalue weighted by atomic mass is 9.95. The lowest BCUT2D eigenvalue weighted by Crippen LogP contribution is -2.36. The van der Waals surface area contributed by atoms with Crippen LogP contribution in [0, 0.1) is 5.92 Å². The molecule has 5 heteroatoms. The first-order chi connectivity index (χ1) is 9.92. The molecule has 2 fully saturated rings. The number of hydrogen-bond acceptors (Lipinski definition) is 5. The quantitative estimate of drug-likeness (QED) is 0.900. The van der Waals surface area contributed by atoms with Crippen molar-refractivity contribution in [2.45, 2.75) is 25.7 Å². The van der Waals surface area contributed by atoms with E-state index >= 15 is 0 Å². The topological polar surface area (TPSA) is 50.3 Å². The molecular formula is C15H24N4O. The summed E-state index contributed by atoms with van der Waals surface area (Å²) in [6.45, 7) is 5.78. The first-order valence-electron chi connectivity index (χ1n) is 7.76. The number of morpholine rings is 1. The van der Waals surface area contributed by atoms with Crippen LogP contribution in [0.15, 0.2) is 12.4 Å². The van der Waals surface area contributed by atoms with E-state index in [1.165, 1.54) is 31.5 Å². The largest absolute Gasteiger partial charge is 0.378 e. The lowest BCUT2D eigenvalue weighted by Gasteiger charge is -2.28. The van der Waals surface area contributed by atoms with Crippen molar-refractivity contribution < 1.29 is 4.74 Å². The van der Waals surface area contributed by atoms with Crippen molar-refractivity contribution in [2.24, 2.45) is 5.92 Å². The number of nitrogens with zero attached hydrogens (tertiary/aromatic N) is 3. The minimum atomic E-state index is 0.762. The van der Waals surface area contributed by atoms with Crippen molar-refractivity contribution in [2.75, 3.05) is 44.3 Å². The van der Waals surface area contributed by atoms with Crippen molar-refractivity contribution in [3.8, 4) is 0 Å². The zero-order chi connectivity index (χ0) is 13.6. The predicted octanol–water partition coefficient (Wildman–Crippen LogP) is 1.25. The predicted molar refractivity (Wildman–Crippen MR) is 79.0 cm³/mol. The lowest BCUT2D eigenvalue weighted by molar-refractivity contribution is 0.122. The molecule has 2 aliphatic rings. The minimum absolute atomic E-state index is 0.762. The number of anilines is 1. The Morgan fingerprint density at radius 3 is 3.00 bits per heavy atom. The average Bonchev–Trinajstić information content (AvgIpc) is 2.77. The monoisotopic (exact) mass is 276 g/mol. The Morgan fingerprint density at radius 1 is 1.20 bits per heavy atom. The molecule has 2 saturated heterocycles. The van der Waals surface area contributed by atoms with E-state index in [0.29, 0.717) is 0 Å². The molecule has 3 heterocycles. The fraction of sp³-hybridized carbons (Fsp3) is 0.733. The van der Waals surface area contributed by atoms with E-state index in [2.05, 4.69) is 26.3 Å². The van der Waals surface area contributed by atoms with E-state index in [0.717, 1.165) is 51.0 Å². The van der Waals surface area contributed by atoms with E-state index in [1.54, 1.807) is 6.33 Å². The molecule has 0 aliphatic carbocycles. The normalized spacial score (nSPS) is 24.4. The van der Waals surface area contributed by atoms with Gasteiger partial charge >= 0.3 is 0 Å². The molecule has 1 aromatic rings. The van der Waals surface area contributed by atoms with Gasteiger partial charge in [-0.1, -0.05) is 0 Å². The van der Waals surface area contributed by atoms with E-state index < -0.39 is 0 Å². The van der Waals surface area contributed by atoms with Gasteiger partial charge in [0.2, 0.25) is 0 Å². The maximum Gasteiger partial charge on any atom is 0.132 e. The summed E-state index contributed by atoms with van der Waals surface area (Å²) in [7, 11) is 0. The number of ether oxygens (including phenoxy) is 1. The van der Waals surface area contributed by atoms with Crippen LogP contribution in [-0.4, -0.2) is 49.4 Å². The second-order valence-electron chi connectivity index (χ2n) is 5.72. The molecule has 1 atom stereocenters. The maximum absolute atomic E-state index is 5.39. The van der Waals surface area contributed by atoms with E-state index in [4.69, 9.17) is 4.74 Å². The highest BCUT2D eigenvalue weighted by molar-refractivity contribution is 5.39. The zero-order valence-corrected chi connectivity index (χ0v) is 12.1. The molecule has 0 radical (unpaired) electrons. The molecule has 0 amide bonds. The molecule has 5 nitrogen and oxygen atoms in total. The number of rotatable bonds is 3. The third kappa shape index (κ3) is 3.67. The SMILES string of the molecule is c1nc(C[C@H]2CCCNCC2)cc(N2CCOCC2)n1. The molecule has 0 unspecified atom stereocenters. The Balaban J connectivity index is 1.64. The van der Waals surface area contributed by atoms with Crippen LogP contribution in [0.25, 0.3) is 0 Å². The van der Waals surface area contributed by atoms with Crippen LogP contribution in [0.4, 0.5) is 5.82 Å². The summed E-state index contributed by atoms with van der Waals surface area (Å²) < 4.78 is 5.39. The Labute approximate surface area is 120 Å². The van der Waals surface area contributed by atoms with Crippen LogP contribution in [0.5, 0.6) is 0 Å². The van der Waals surface area contributed by atoms with Gasteiger partial charge in [0.25, 0.3) is 0 Å². The van der Waals surface area contributed by atoms with Gasteiger partial charge in [0.05, 0.1) is 13.2 Å². The third-order valence-electron chi connectivity index (χ3n) is 4.24. The van der Waals surface area contributed by atoms with Crippen molar-refractivity contribution in [3.05, 3.63) is 18.1 Å². The van der Waals surface area contributed by atoms with Gasteiger partial charge in [-0.2, -0.15) is 0 Å². The van der Waals surface area contributed by atoms with Gasteiger partial charge in [-0.3, -0.25) is 0 Å². The molecule has 0 saturated carbocycles. The highest BCUT2D eigenvalue weighted by Crippen LogP contribution is 2.20. The Kier molecular flexibility index (Phi) is 4.82. The van der Waals surface area contributed by atoms with Gasteiger partial charge < -0.3 is 15.0 Å². The highest BCUT2D eigenvalue weighted by atomic mass is 16.5. The van der Waals surface area contributed by atoms with Gasteiger partial charge in [0.1, 0.15) is 12.1 Å². The van der Waals surface area contributed by atoms with Crippen molar-refractivity contribution in [1.29, 1.82) is 0 Å². The molecule has 1 aromatic heterocycles. The van der Waals surface area contributed by atoms with Crippen LogP contribution >= 0.6 is 0 Å². The molecule has 2 aliphatic heterocycles. The zero-order valence-electron chi connectivity index (χ0n) is 12.1. The summed E-state index contributed by atoms with van der Waals surface area (Å²) in [5.74, 6) is 1.82. The van der Waals surface area contributed by atoms with Gasteiger partial charge in [0, 0.05) is 24.8 Å². The summed E-state index contributed by atoms with van der Waals surface area (Å²) in [5, 5.41) is 3.47. The molecule has 20 heavy (non-hydrogen) atoms. The van der Waals surface area contributed by atoms with Gasteiger partial charge in [-0.05, 0) is 44.7 Å².